The molecule has 0 spiro atoms. The van der Waals surface area contributed by atoms with Crippen LogP contribution in [0.15, 0.2) is 41.4 Å². The summed E-state index contributed by atoms with van der Waals surface area (Å²) < 4.78 is 15.7. The number of nitrogens with zero attached hydrogens (tertiary/aromatic N) is 2. The van der Waals surface area contributed by atoms with Crippen molar-refractivity contribution < 1.29 is 9.18 Å². The first-order valence-electron chi connectivity index (χ1n) is 6.25. The molecule has 6 heteroatoms. The Morgan fingerprint density at radius 3 is 3.05 bits per heavy atom. The van der Waals surface area contributed by atoms with E-state index in [1.165, 1.54) is 18.2 Å². The first kappa shape index (κ1) is 14.7. The smallest absolute Gasteiger partial charge is 0.252 e. The molecule has 106 valence electrons. The zero-order valence-corrected chi connectivity index (χ0v) is 12.6. The molecule has 1 atom stereocenters. The van der Waals surface area contributed by atoms with E-state index in [4.69, 9.17) is 0 Å². The van der Waals surface area contributed by atoms with Crippen molar-refractivity contribution >= 4 is 21.8 Å². The molecule has 0 aliphatic heterocycles. The maximum atomic E-state index is 13.1. The average Bonchev–Trinajstić information content (AvgIpc) is 2.91. The highest BCUT2D eigenvalue weighted by Gasteiger charge is 2.12. The first-order chi connectivity index (χ1) is 9.56. The summed E-state index contributed by atoms with van der Waals surface area (Å²) in [5, 5.41) is 2.81. The molecule has 0 radical (unpaired) electrons. The second-order valence-corrected chi connectivity index (χ2v) is 5.55. The Morgan fingerprint density at radius 1 is 1.55 bits per heavy atom. The molecule has 0 fully saturated rings. The summed E-state index contributed by atoms with van der Waals surface area (Å²) >= 11 is 3.25. The molecule has 0 saturated carbocycles. The van der Waals surface area contributed by atoms with Gasteiger partial charge in [0.05, 0.1) is 11.9 Å². The molecular formula is C14H15BrFN3O. The Bertz CT molecular complexity index is 586. The Morgan fingerprint density at radius 2 is 2.35 bits per heavy atom. The van der Waals surface area contributed by atoms with Gasteiger partial charge in [0, 0.05) is 30.0 Å². The van der Waals surface area contributed by atoms with Gasteiger partial charge in [-0.2, -0.15) is 0 Å². The third-order valence-electron chi connectivity index (χ3n) is 2.87. The number of hydrogen-bond acceptors (Lipinski definition) is 2. The predicted octanol–water partition coefficient (Wildman–Crippen LogP) is 2.85. The van der Waals surface area contributed by atoms with Gasteiger partial charge in [0.1, 0.15) is 5.82 Å². The van der Waals surface area contributed by atoms with Crippen LogP contribution in [-0.4, -0.2) is 22.0 Å². The van der Waals surface area contributed by atoms with Crippen LogP contribution in [0.5, 0.6) is 0 Å². The predicted molar refractivity (Wildman–Crippen MR) is 77.8 cm³/mol. The molecule has 1 unspecified atom stereocenters. The van der Waals surface area contributed by atoms with E-state index in [0.717, 1.165) is 6.54 Å². The number of hydrogen-bond donors (Lipinski definition) is 1. The van der Waals surface area contributed by atoms with E-state index in [-0.39, 0.29) is 11.8 Å². The van der Waals surface area contributed by atoms with Gasteiger partial charge in [0.2, 0.25) is 0 Å². The Hall–Kier alpha value is -1.69. The van der Waals surface area contributed by atoms with Crippen molar-refractivity contribution in [2.24, 2.45) is 5.92 Å². The van der Waals surface area contributed by atoms with Crippen molar-refractivity contribution in [2.75, 3.05) is 6.54 Å². The number of carbonyl (C=O) groups is 1. The van der Waals surface area contributed by atoms with Gasteiger partial charge in [0.15, 0.2) is 0 Å². The fourth-order valence-electron chi connectivity index (χ4n) is 1.85. The number of amides is 1. The highest BCUT2D eigenvalue weighted by molar-refractivity contribution is 9.10. The molecule has 0 aliphatic carbocycles. The van der Waals surface area contributed by atoms with Crippen LogP contribution in [0.2, 0.25) is 0 Å². The molecule has 0 aliphatic rings. The molecule has 1 amide bonds. The molecular weight excluding hydrogens is 325 g/mol. The molecule has 4 nitrogen and oxygen atoms in total. The SMILES string of the molecule is CC(CNC(=O)c1cc(F)ccc1Br)Cn1ccnc1. The fourth-order valence-corrected chi connectivity index (χ4v) is 2.28. The van der Waals surface area contributed by atoms with E-state index in [2.05, 4.69) is 26.2 Å². The van der Waals surface area contributed by atoms with Crippen LogP contribution >= 0.6 is 15.9 Å². The van der Waals surface area contributed by atoms with Crippen LogP contribution in [0, 0.1) is 11.7 Å². The number of benzene rings is 1. The number of rotatable bonds is 5. The van der Waals surface area contributed by atoms with Gasteiger partial charge in [-0.3, -0.25) is 4.79 Å². The highest BCUT2D eigenvalue weighted by Crippen LogP contribution is 2.17. The van der Waals surface area contributed by atoms with Crippen molar-refractivity contribution in [3.8, 4) is 0 Å². The molecule has 2 aromatic rings. The third kappa shape index (κ3) is 3.90. The zero-order chi connectivity index (χ0) is 14.5. The number of carbonyl (C=O) groups excluding carboxylic acids is 1. The Kier molecular flexibility index (Phi) is 4.89. The van der Waals surface area contributed by atoms with Crippen LogP contribution in [0.3, 0.4) is 0 Å². The summed E-state index contributed by atoms with van der Waals surface area (Å²) in [7, 11) is 0. The molecule has 0 saturated heterocycles. The Labute approximate surface area is 125 Å². The molecule has 1 aromatic heterocycles. The summed E-state index contributed by atoms with van der Waals surface area (Å²) in [6, 6.07) is 4.06. The van der Waals surface area contributed by atoms with Crippen LogP contribution < -0.4 is 5.32 Å². The van der Waals surface area contributed by atoms with Crippen LogP contribution in [0.4, 0.5) is 4.39 Å². The maximum absolute atomic E-state index is 13.1. The van der Waals surface area contributed by atoms with Crippen molar-refractivity contribution in [1.82, 2.24) is 14.9 Å². The van der Waals surface area contributed by atoms with E-state index in [9.17, 15) is 9.18 Å². The minimum absolute atomic E-state index is 0.250. The molecule has 1 aromatic carbocycles. The molecule has 0 bridgehead atoms. The topological polar surface area (TPSA) is 46.9 Å². The number of imidazole rings is 1. The minimum Gasteiger partial charge on any atom is -0.352 e. The molecule has 20 heavy (non-hydrogen) atoms. The lowest BCUT2D eigenvalue weighted by atomic mass is 10.1. The van der Waals surface area contributed by atoms with E-state index in [1.807, 2.05) is 17.7 Å². The zero-order valence-electron chi connectivity index (χ0n) is 11.0. The maximum Gasteiger partial charge on any atom is 0.252 e. The van der Waals surface area contributed by atoms with Crippen molar-refractivity contribution in [3.63, 3.8) is 0 Å². The average molecular weight is 340 g/mol. The lowest BCUT2D eigenvalue weighted by molar-refractivity contribution is 0.0945. The quantitative estimate of drug-likeness (QED) is 0.910. The van der Waals surface area contributed by atoms with Gasteiger partial charge < -0.3 is 9.88 Å². The largest absolute Gasteiger partial charge is 0.352 e. The van der Waals surface area contributed by atoms with Crippen LogP contribution in [0.1, 0.15) is 17.3 Å². The van der Waals surface area contributed by atoms with E-state index < -0.39 is 5.82 Å². The summed E-state index contributed by atoms with van der Waals surface area (Å²) in [5.74, 6) is -0.459. The second-order valence-electron chi connectivity index (χ2n) is 4.70. The van der Waals surface area contributed by atoms with Crippen molar-refractivity contribution in [3.05, 3.63) is 52.8 Å². The van der Waals surface area contributed by atoms with Crippen molar-refractivity contribution in [1.29, 1.82) is 0 Å². The monoisotopic (exact) mass is 339 g/mol. The first-order valence-corrected chi connectivity index (χ1v) is 7.04. The van der Waals surface area contributed by atoms with Gasteiger partial charge in [-0.15, -0.1) is 0 Å². The second kappa shape index (κ2) is 6.65. The molecule has 1 N–H and O–H groups in total. The van der Waals surface area contributed by atoms with Gasteiger partial charge in [-0.1, -0.05) is 6.92 Å². The number of nitrogens with one attached hydrogen (secondary N) is 1. The lowest BCUT2D eigenvalue weighted by Gasteiger charge is -2.13. The van der Waals surface area contributed by atoms with Gasteiger partial charge in [-0.25, -0.2) is 9.37 Å². The van der Waals surface area contributed by atoms with E-state index in [1.54, 1.807) is 12.5 Å². The van der Waals surface area contributed by atoms with Crippen molar-refractivity contribution in [2.45, 2.75) is 13.5 Å². The molecule has 1 heterocycles. The van der Waals surface area contributed by atoms with Gasteiger partial charge in [-0.05, 0) is 40.0 Å². The lowest BCUT2D eigenvalue weighted by Crippen LogP contribution is -2.30. The number of aromatic nitrogens is 2. The van der Waals surface area contributed by atoms with Gasteiger partial charge >= 0.3 is 0 Å². The minimum atomic E-state index is -0.426. The standard InChI is InChI=1S/C14H15BrFN3O/c1-10(8-19-5-4-17-9-19)7-18-14(20)12-6-11(16)2-3-13(12)15/h2-6,9-10H,7-8H2,1H3,(H,18,20). The summed E-state index contributed by atoms with van der Waals surface area (Å²) in [4.78, 5) is 16.0. The van der Waals surface area contributed by atoms with E-state index >= 15 is 0 Å². The summed E-state index contributed by atoms with van der Waals surface area (Å²) in [6.07, 6.45) is 5.33. The highest BCUT2D eigenvalue weighted by atomic mass is 79.9. The normalized spacial score (nSPS) is 12.2. The van der Waals surface area contributed by atoms with E-state index in [0.29, 0.717) is 16.6 Å². The number of halogens is 2. The third-order valence-corrected chi connectivity index (χ3v) is 3.56. The van der Waals surface area contributed by atoms with Crippen LogP contribution in [-0.2, 0) is 6.54 Å². The molecule has 2 rings (SSSR count). The summed E-state index contributed by atoms with van der Waals surface area (Å²) in [5.41, 5.74) is 0.305. The fraction of sp³-hybridized carbons (Fsp3) is 0.286. The van der Waals surface area contributed by atoms with Gasteiger partial charge in [0.25, 0.3) is 5.91 Å². The Balaban J connectivity index is 1.90. The summed E-state index contributed by atoms with van der Waals surface area (Å²) in [6.45, 7) is 3.31. The van der Waals surface area contributed by atoms with Crippen LogP contribution in [0.25, 0.3) is 0 Å².